The van der Waals surface area contributed by atoms with Gasteiger partial charge in [-0.15, -0.1) is 0 Å². The Hall–Kier alpha value is -2.62. The van der Waals surface area contributed by atoms with Gasteiger partial charge in [-0.2, -0.15) is 0 Å². The second-order valence-electron chi connectivity index (χ2n) is 7.82. The van der Waals surface area contributed by atoms with Crippen molar-refractivity contribution in [3.8, 4) is 11.5 Å². The fraction of sp³-hybridized carbons (Fsp3) is 0.154. The Balaban J connectivity index is 1.54. The predicted octanol–water partition coefficient (Wildman–Crippen LogP) is 7.45. The Morgan fingerprint density at radius 1 is 1.06 bits per heavy atom. The van der Waals surface area contributed by atoms with E-state index in [0.717, 1.165) is 36.9 Å². The van der Waals surface area contributed by atoms with Crippen LogP contribution in [0.5, 0.6) is 11.5 Å². The van der Waals surface area contributed by atoms with E-state index in [4.69, 9.17) is 9.47 Å². The quantitative estimate of drug-likeness (QED) is 0.291. The maximum Gasteiger partial charge on any atom is 0.264 e. The summed E-state index contributed by atoms with van der Waals surface area (Å²) in [5.74, 6) is 0.523. The minimum atomic E-state index is -0.296. The lowest BCUT2D eigenvalue weighted by molar-refractivity contribution is -0.115. The van der Waals surface area contributed by atoms with E-state index in [-0.39, 0.29) is 18.3 Å². The third-order valence-corrected chi connectivity index (χ3v) is 8.03. The van der Waals surface area contributed by atoms with Crippen molar-refractivity contribution in [2.75, 3.05) is 7.11 Å². The highest BCUT2D eigenvalue weighted by Gasteiger charge is 2.24. The molecule has 1 fully saturated rings. The van der Waals surface area contributed by atoms with Crippen molar-refractivity contribution in [2.45, 2.75) is 20.5 Å². The number of hydrogen-bond acceptors (Lipinski definition) is 5. The second kappa shape index (κ2) is 11.0. The Morgan fingerprint density at radius 2 is 1.74 bits per heavy atom. The van der Waals surface area contributed by atoms with Crippen molar-refractivity contribution < 1.29 is 18.7 Å². The smallest absolute Gasteiger partial charge is 0.264 e. The maximum atomic E-state index is 13.1. The first-order valence-electron chi connectivity index (χ1n) is 10.5. The van der Waals surface area contributed by atoms with E-state index < -0.39 is 0 Å². The largest absolute Gasteiger partial charge is 0.493 e. The number of hydrogen-bond donors (Lipinski definition) is 1. The van der Waals surface area contributed by atoms with Gasteiger partial charge in [-0.1, -0.05) is 44.0 Å². The first-order chi connectivity index (χ1) is 16.7. The summed E-state index contributed by atoms with van der Waals surface area (Å²) >= 11 is 8.39. The molecule has 0 atom stereocenters. The normalized spacial score (nSPS) is 15.5. The van der Waals surface area contributed by atoms with Crippen LogP contribution in [0.3, 0.4) is 0 Å². The van der Waals surface area contributed by atoms with Crippen LogP contribution in [-0.4, -0.2) is 18.2 Å². The molecule has 1 amide bonds. The minimum absolute atomic E-state index is 0.221. The van der Waals surface area contributed by atoms with Gasteiger partial charge in [0.05, 0.1) is 17.7 Å². The molecule has 0 aromatic heterocycles. The van der Waals surface area contributed by atoms with Crippen molar-refractivity contribution in [2.24, 2.45) is 4.99 Å². The van der Waals surface area contributed by atoms with Crippen LogP contribution in [0, 0.1) is 19.7 Å². The Morgan fingerprint density at radius 3 is 2.40 bits per heavy atom. The van der Waals surface area contributed by atoms with Gasteiger partial charge in [0.1, 0.15) is 12.4 Å². The molecule has 0 bridgehead atoms. The van der Waals surface area contributed by atoms with Crippen molar-refractivity contribution in [3.63, 3.8) is 0 Å². The Labute approximate surface area is 224 Å². The second-order valence-corrected chi connectivity index (χ2v) is 10.5. The number of nitrogens with one attached hydrogen (secondary N) is 1. The molecule has 0 unspecified atom stereocenters. The van der Waals surface area contributed by atoms with Crippen LogP contribution < -0.4 is 14.8 Å². The summed E-state index contributed by atoms with van der Waals surface area (Å²) < 4.78 is 26.3. The number of rotatable bonds is 6. The molecular formula is C26H21Br2FN2O3S. The molecule has 1 saturated heterocycles. The molecule has 1 N–H and O–H groups in total. The van der Waals surface area contributed by atoms with Crippen molar-refractivity contribution in [3.05, 3.63) is 90.5 Å². The van der Waals surface area contributed by atoms with Crippen molar-refractivity contribution >= 4 is 66.5 Å². The van der Waals surface area contributed by atoms with Crippen LogP contribution in [0.25, 0.3) is 6.08 Å². The highest BCUT2D eigenvalue weighted by Crippen LogP contribution is 2.37. The Kier molecular flexibility index (Phi) is 7.98. The average molecular weight is 620 g/mol. The van der Waals surface area contributed by atoms with Crippen LogP contribution in [0.2, 0.25) is 0 Å². The summed E-state index contributed by atoms with van der Waals surface area (Å²) in [6.45, 7) is 4.27. The van der Waals surface area contributed by atoms with Gasteiger partial charge in [0, 0.05) is 8.95 Å². The molecule has 5 nitrogen and oxygen atoms in total. The number of methoxy groups -OCH3 is 1. The number of nitrogens with zero attached hydrogens (tertiary/aromatic N) is 1. The molecule has 180 valence electrons. The molecule has 0 saturated carbocycles. The van der Waals surface area contributed by atoms with E-state index in [0.29, 0.717) is 21.6 Å². The van der Waals surface area contributed by atoms with Gasteiger partial charge >= 0.3 is 0 Å². The third-order valence-electron chi connectivity index (χ3n) is 5.18. The number of amidine groups is 1. The number of aliphatic imine (C=N–C) groups is 1. The first kappa shape index (κ1) is 25.5. The maximum absolute atomic E-state index is 13.1. The summed E-state index contributed by atoms with van der Waals surface area (Å²) in [5.41, 5.74) is 4.51. The van der Waals surface area contributed by atoms with Gasteiger partial charge in [0.2, 0.25) is 0 Å². The first-order valence-corrected chi connectivity index (χ1v) is 12.9. The number of amides is 1. The topological polar surface area (TPSA) is 59.9 Å². The molecule has 1 aliphatic rings. The summed E-state index contributed by atoms with van der Waals surface area (Å²) in [6.07, 6.45) is 1.77. The van der Waals surface area contributed by atoms with Crippen molar-refractivity contribution in [1.29, 1.82) is 0 Å². The van der Waals surface area contributed by atoms with E-state index in [1.807, 2.05) is 26.0 Å². The average Bonchev–Trinajstić information content (AvgIpc) is 3.16. The zero-order valence-electron chi connectivity index (χ0n) is 19.1. The number of ether oxygens (including phenoxy) is 2. The van der Waals surface area contributed by atoms with E-state index >= 15 is 0 Å². The molecule has 3 aromatic carbocycles. The fourth-order valence-electron chi connectivity index (χ4n) is 3.40. The van der Waals surface area contributed by atoms with Gasteiger partial charge in [-0.25, -0.2) is 9.38 Å². The van der Waals surface area contributed by atoms with Crippen molar-refractivity contribution in [1.82, 2.24) is 5.32 Å². The number of benzene rings is 3. The molecule has 0 radical (unpaired) electrons. The van der Waals surface area contributed by atoms with Gasteiger partial charge < -0.3 is 14.8 Å². The van der Waals surface area contributed by atoms with Crippen LogP contribution in [0.1, 0.15) is 22.3 Å². The number of aryl methyl sites for hydroxylation is 2. The standard InChI is InChI=1S/C26H21Br2FN2O3S/c1-14-8-19(9-15(2)24(14)28)30-26-31-25(32)23(35-26)11-17-10-21(33-3)22(12-20(17)27)34-13-16-4-6-18(29)7-5-16/h4-12H,13H2,1-3H3,(H,30,31,32)/b23-11-. The Bertz CT molecular complexity index is 1330. The number of thioether (sulfide) groups is 1. The monoisotopic (exact) mass is 618 g/mol. The highest BCUT2D eigenvalue weighted by atomic mass is 79.9. The molecule has 3 aromatic rings. The SMILES string of the molecule is COc1cc(/C=C2\SC(=Nc3cc(C)c(Br)c(C)c3)NC2=O)c(Br)cc1OCc1ccc(F)cc1. The van der Waals surface area contributed by atoms with Gasteiger partial charge in [0.15, 0.2) is 16.7 Å². The summed E-state index contributed by atoms with van der Waals surface area (Å²) in [5, 5.41) is 3.34. The van der Waals surface area contributed by atoms with Gasteiger partial charge in [-0.3, -0.25) is 4.79 Å². The van der Waals surface area contributed by atoms with E-state index in [1.54, 1.807) is 37.5 Å². The molecule has 0 aliphatic carbocycles. The van der Waals surface area contributed by atoms with E-state index in [9.17, 15) is 9.18 Å². The molecule has 4 rings (SSSR count). The summed E-state index contributed by atoms with van der Waals surface area (Å²) in [6, 6.07) is 13.6. The predicted molar refractivity (Wildman–Crippen MR) is 146 cm³/mol. The lowest BCUT2D eigenvalue weighted by Crippen LogP contribution is -2.19. The summed E-state index contributed by atoms with van der Waals surface area (Å²) in [4.78, 5) is 17.7. The highest BCUT2D eigenvalue weighted by molar-refractivity contribution is 9.10. The third kappa shape index (κ3) is 6.15. The van der Waals surface area contributed by atoms with Crippen LogP contribution in [-0.2, 0) is 11.4 Å². The van der Waals surface area contributed by atoms with Crippen LogP contribution >= 0.6 is 43.6 Å². The van der Waals surface area contributed by atoms with E-state index in [1.165, 1.54) is 23.9 Å². The zero-order valence-corrected chi connectivity index (χ0v) is 23.1. The molecular weight excluding hydrogens is 599 g/mol. The van der Waals surface area contributed by atoms with Gasteiger partial charge in [0.25, 0.3) is 5.91 Å². The van der Waals surface area contributed by atoms with Crippen LogP contribution in [0.4, 0.5) is 10.1 Å². The number of halogens is 3. The molecule has 1 aliphatic heterocycles. The molecule has 9 heteroatoms. The summed E-state index contributed by atoms with van der Waals surface area (Å²) in [7, 11) is 1.55. The lowest BCUT2D eigenvalue weighted by atomic mass is 10.1. The molecule has 35 heavy (non-hydrogen) atoms. The number of carbonyl (C=O) groups excluding carboxylic acids is 1. The minimum Gasteiger partial charge on any atom is -0.493 e. The van der Waals surface area contributed by atoms with Gasteiger partial charge in [-0.05, 0) is 90.3 Å². The molecule has 1 heterocycles. The van der Waals surface area contributed by atoms with E-state index in [2.05, 4.69) is 42.2 Å². The number of carbonyl (C=O) groups is 1. The molecule has 0 spiro atoms. The van der Waals surface area contributed by atoms with Crippen LogP contribution in [0.15, 0.2) is 67.4 Å². The lowest BCUT2D eigenvalue weighted by Gasteiger charge is -2.13. The zero-order chi connectivity index (χ0) is 25.1. The fourth-order valence-corrected chi connectivity index (χ4v) is 4.90.